The molecule has 0 aliphatic heterocycles. The fraction of sp³-hybridized carbons (Fsp3) is 0.182. The van der Waals surface area contributed by atoms with Crippen LogP contribution in [0.4, 0.5) is 5.69 Å². The van der Waals surface area contributed by atoms with E-state index in [1.54, 1.807) is 72.8 Å². The average molecular weight is 466 g/mol. The van der Waals surface area contributed by atoms with Gasteiger partial charge in [0.05, 0.1) is 6.61 Å². The van der Waals surface area contributed by atoms with Crippen molar-refractivity contribution in [2.24, 2.45) is 0 Å². The second kappa shape index (κ2) is 10.6. The van der Waals surface area contributed by atoms with Gasteiger partial charge in [-0.3, -0.25) is 5.09 Å². The summed E-state index contributed by atoms with van der Waals surface area (Å²) in [6.07, 6.45) is 2.05. The van der Waals surface area contributed by atoms with Gasteiger partial charge in [0, 0.05) is 15.7 Å². The van der Waals surface area contributed by atoms with Gasteiger partial charge in [0.2, 0.25) is 0 Å². The van der Waals surface area contributed by atoms with Crippen LogP contribution in [-0.2, 0) is 4.57 Å². The Balaban J connectivity index is 1.78. The monoisotopic (exact) mass is 465 g/mol. The second-order valence-electron chi connectivity index (χ2n) is 6.43. The third-order valence-electron chi connectivity index (χ3n) is 3.97. The minimum absolute atomic E-state index is 0.351. The Hall–Kier alpha value is -2.33. The number of ether oxygens (including phenoxy) is 1. The zero-order valence-corrected chi connectivity index (χ0v) is 18.8. The van der Waals surface area contributed by atoms with Crippen molar-refractivity contribution >= 4 is 36.6 Å². The molecule has 8 heteroatoms. The fourth-order valence-corrected chi connectivity index (χ4v) is 4.10. The predicted molar refractivity (Wildman–Crippen MR) is 122 cm³/mol. The van der Waals surface area contributed by atoms with Crippen LogP contribution < -0.4 is 18.9 Å². The molecular weight excluding hydrogens is 444 g/mol. The topological polar surface area (TPSA) is 56.8 Å². The van der Waals surface area contributed by atoms with E-state index < -0.39 is 7.75 Å². The molecule has 1 N–H and O–H groups in total. The molecule has 3 aromatic rings. The van der Waals surface area contributed by atoms with Gasteiger partial charge in [-0.15, -0.1) is 0 Å². The Kier molecular flexibility index (Phi) is 7.92. The largest absolute Gasteiger partial charge is 0.541 e. The minimum atomic E-state index is -3.83. The molecule has 0 aliphatic carbocycles. The van der Waals surface area contributed by atoms with E-state index in [4.69, 9.17) is 37.0 Å². The summed E-state index contributed by atoms with van der Waals surface area (Å²) in [4.78, 5) is 0. The summed E-state index contributed by atoms with van der Waals surface area (Å²) in [5.41, 5.74) is 0.559. The van der Waals surface area contributed by atoms with Crippen LogP contribution in [-0.4, -0.2) is 6.61 Å². The van der Waals surface area contributed by atoms with Gasteiger partial charge in [-0.25, -0.2) is 4.57 Å². The van der Waals surface area contributed by atoms with Gasteiger partial charge < -0.3 is 13.8 Å². The highest BCUT2D eigenvalue weighted by Crippen LogP contribution is 2.48. The zero-order valence-electron chi connectivity index (χ0n) is 16.4. The molecule has 0 radical (unpaired) electrons. The van der Waals surface area contributed by atoms with E-state index in [0.717, 1.165) is 18.6 Å². The standard InChI is InChI=1S/C22H22Cl2NO4P/c1-2-3-16-27-20-14-8-19(9-15-20)25-30(26,28-21-10-4-17(23)5-11-21)29-22-12-6-18(24)7-13-22/h4-15H,2-3,16H2,1H3,(H,25,26). The molecule has 0 bridgehead atoms. The highest BCUT2D eigenvalue weighted by Gasteiger charge is 2.29. The maximum absolute atomic E-state index is 13.5. The Labute approximate surface area is 186 Å². The first-order valence-corrected chi connectivity index (χ1v) is 11.8. The first-order valence-electron chi connectivity index (χ1n) is 9.47. The molecule has 0 unspecified atom stereocenters. The number of hydrogen-bond donors (Lipinski definition) is 1. The summed E-state index contributed by atoms with van der Waals surface area (Å²) in [5.74, 6) is 1.44. The Bertz CT molecular complexity index is 928. The predicted octanol–water partition coefficient (Wildman–Crippen LogP) is 7.85. The summed E-state index contributed by atoms with van der Waals surface area (Å²) in [5, 5.41) is 3.95. The van der Waals surface area contributed by atoms with Crippen LogP contribution in [0.5, 0.6) is 17.2 Å². The van der Waals surface area contributed by atoms with Crippen LogP contribution in [0, 0.1) is 0 Å². The van der Waals surface area contributed by atoms with Gasteiger partial charge in [-0.1, -0.05) is 36.5 Å². The number of benzene rings is 3. The summed E-state index contributed by atoms with van der Waals surface area (Å²) in [6.45, 7) is 2.76. The van der Waals surface area contributed by atoms with Crippen molar-refractivity contribution in [2.75, 3.05) is 11.7 Å². The molecule has 0 amide bonds. The normalized spacial score (nSPS) is 11.0. The van der Waals surface area contributed by atoms with Crippen LogP contribution in [0.25, 0.3) is 0 Å². The number of rotatable bonds is 10. The zero-order chi connectivity index (χ0) is 21.4. The Morgan fingerprint density at radius 1 is 0.767 bits per heavy atom. The molecule has 158 valence electrons. The number of halogens is 2. The fourth-order valence-electron chi connectivity index (χ4n) is 2.45. The number of anilines is 1. The van der Waals surface area contributed by atoms with Crippen molar-refractivity contribution in [3.05, 3.63) is 82.8 Å². The molecule has 0 fully saturated rings. The lowest BCUT2D eigenvalue weighted by atomic mass is 10.3. The lowest BCUT2D eigenvalue weighted by Gasteiger charge is -2.21. The number of unbranched alkanes of at least 4 members (excludes halogenated alkanes) is 1. The lowest BCUT2D eigenvalue weighted by Crippen LogP contribution is -2.10. The van der Waals surface area contributed by atoms with E-state index in [1.807, 2.05) is 0 Å². The van der Waals surface area contributed by atoms with Gasteiger partial charge in [0.15, 0.2) is 0 Å². The Morgan fingerprint density at radius 2 is 1.23 bits per heavy atom. The average Bonchev–Trinajstić information content (AvgIpc) is 2.73. The first-order chi connectivity index (χ1) is 14.5. The van der Waals surface area contributed by atoms with Gasteiger partial charge >= 0.3 is 7.75 Å². The summed E-state index contributed by atoms with van der Waals surface area (Å²) in [6, 6.07) is 20.2. The van der Waals surface area contributed by atoms with E-state index in [-0.39, 0.29) is 0 Å². The highest BCUT2D eigenvalue weighted by molar-refractivity contribution is 7.56. The van der Waals surface area contributed by atoms with Crippen molar-refractivity contribution in [2.45, 2.75) is 19.8 Å². The van der Waals surface area contributed by atoms with Crippen molar-refractivity contribution < 1.29 is 18.3 Å². The molecule has 0 atom stereocenters. The molecule has 3 aromatic carbocycles. The first kappa shape index (κ1) is 22.4. The molecular formula is C22H22Cl2NO4P. The van der Waals surface area contributed by atoms with Gasteiger partial charge in [0.25, 0.3) is 0 Å². The summed E-state index contributed by atoms with van der Waals surface area (Å²) < 4.78 is 30.6. The van der Waals surface area contributed by atoms with Crippen LogP contribution >= 0.6 is 30.9 Å². The van der Waals surface area contributed by atoms with E-state index in [0.29, 0.717) is 33.8 Å². The molecule has 30 heavy (non-hydrogen) atoms. The van der Waals surface area contributed by atoms with Crippen LogP contribution in [0.15, 0.2) is 72.8 Å². The maximum atomic E-state index is 13.5. The van der Waals surface area contributed by atoms with Crippen molar-refractivity contribution in [3.63, 3.8) is 0 Å². The van der Waals surface area contributed by atoms with Gasteiger partial charge in [0.1, 0.15) is 17.2 Å². The van der Waals surface area contributed by atoms with Crippen molar-refractivity contribution in [1.82, 2.24) is 0 Å². The molecule has 3 rings (SSSR count). The second-order valence-corrected chi connectivity index (χ2v) is 8.88. The van der Waals surface area contributed by atoms with E-state index in [9.17, 15) is 4.57 Å². The van der Waals surface area contributed by atoms with Gasteiger partial charge in [-0.2, -0.15) is 0 Å². The highest BCUT2D eigenvalue weighted by atomic mass is 35.5. The van der Waals surface area contributed by atoms with E-state index in [2.05, 4.69) is 12.0 Å². The SMILES string of the molecule is CCCCOc1ccc(NP(=O)(Oc2ccc(Cl)cc2)Oc2ccc(Cl)cc2)cc1. The molecule has 0 heterocycles. The molecule has 0 aromatic heterocycles. The minimum Gasteiger partial charge on any atom is -0.494 e. The summed E-state index contributed by atoms with van der Waals surface area (Å²) >= 11 is 11.8. The quantitative estimate of drug-likeness (QED) is 0.244. The third kappa shape index (κ3) is 6.88. The Morgan fingerprint density at radius 3 is 1.70 bits per heavy atom. The smallest absolute Gasteiger partial charge is 0.494 e. The number of nitrogens with one attached hydrogen (secondary N) is 1. The molecule has 5 nitrogen and oxygen atoms in total. The van der Waals surface area contributed by atoms with Crippen molar-refractivity contribution in [3.8, 4) is 17.2 Å². The van der Waals surface area contributed by atoms with E-state index >= 15 is 0 Å². The van der Waals surface area contributed by atoms with Crippen LogP contribution in [0.3, 0.4) is 0 Å². The molecule has 0 spiro atoms. The number of hydrogen-bond acceptors (Lipinski definition) is 4. The molecule has 0 saturated carbocycles. The van der Waals surface area contributed by atoms with E-state index in [1.165, 1.54) is 0 Å². The molecule has 0 aliphatic rings. The molecule has 0 saturated heterocycles. The van der Waals surface area contributed by atoms with Gasteiger partial charge in [-0.05, 0) is 79.2 Å². The van der Waals surface area contributed by atoms with Crippen LogP contribution in [0.2, 0.25) is 10.0 Å². The lowest BCUT2D eigenvalue weighted by molar-refractivity contribution is 0.309. The maximum Gasteiger partial charge on any atom is 0.541 e. The van der Waals surface area contributed by atoms with Crippen LogP contribution in [0.1, 0.15) is 19.8 Å². The summed E-state index contributed by atoms with van der Waals surface area (Å²) in [7, 11) is -3.83. The van der Waals surface area contributed by atoms with Crippen molar-refractivity contribution in [1.29, 1.82) is 0 Å². The third-order valence-corrected chi connectivity index (χ3v) is 5.90.